The molecule has 9 heteroatoms. The van der Waals surface area contributed by atoms with Crippen LogP contribution in [0.3, 0.4) is 0 Å². The monoisotopic (exact) mass is 460 g/mol. The van der Waals surface area contributed by atoms with Crippen molar-refractivity contribution < 1.29 is 19.1 Å². The van der Waals surface area contributed by atoms with E-state index in [0.717, 1.165) is 0 Å². The van der Waals surface area contributed by atoms with Crippen LogP contribution >= 0.6 is 11.6 Å². The van der Waals surface area contributed by atoms with Gasteiger partial charge in [-0.05, 0) is 30.3 Å². The smallest absolute Gasteiger partial charge is 0.318 e. The van der Waals surface area contributed by atoms with Gasteiger partial charge in [-0.2, -0.15) is 5.10 Å². The molecule has 5 rings (SSSR count). The summed E-state index contributed by atoms with van der Waals surface area (Å²) in [6.45, 7) is -0.468. The summed E-state index contributed by atoms with van der Waals surface area (Å²) in [5, 5.41) is 7.23. The Morgan fingerprint density at radius 2 is 1.73 bits per heavy atom. The molecule has 2 heterocycles. The van der Waals surface area contributed by atoms with Crippen LogP contribution in [-0.4, -0.2) is 33.2 Å². The summed E-state index contributed by atoms with van der Waals surface area (Å²) in [5.41, 5.74) is 2.36. The van der Waals surface area contributed by atoms with E-state index >= 15 is 0 Å². The Morgan fingerprint density at radius 1 is 1.03 bits per heavy atom. The van der Waals surface area contributed by atoms with Gasteiger partial charge in [-0.15, -0.1) is 0 Å². The normalized spacial score (nSPS) is 12.3. The highest BCUT2D eigenvalue weighted by Crippen LogP contribution is 2.44. The number of hydrogen-bond acceptors (Lipinski definition) is 6. The van der Waals surface area contributed by atoms with Crippen LogP contribution in [0.2, 0.25) is 5.02 Å². The third kappa shape index (κ3) is 4.16. The minimum atomic E-state index is -0.698. The van der Waals surface area contributed by atoms with Gasteiger partial charge in [-0.25, -0.2) is 9.67 Å². The van der Waals surface area contributed by atoms with E-state index in [-0.39, 0.29) is 0 Å². The van der Waals surface area contributed by atoms with Gasteiger partial charge in [-0.1, -0.05) is 48.0 Å². The van der Waals surface area contributed by atoms with E-state index in [9.17, 15) is 9.59 Å². The average molecular weight is 461 g/mol. The van der Waals surface area contributed by atoms with E-state index < -0.39 is 24.4 Å². The maximum Gasteiger partial charge on any atom is 0.318 e. The van der Waals surface area contributed by atoms with E-state index in [2.05, 4.69) is 15.4 Å². The second kappa shape index (κ2) is 8.76. The number of aromatic nitrogens is 3. The Kier molecular flexibility index (Phi) is 5.50. The SMILES string of the molecule is O=C(COC(=O)C1c2ccccc2Oc2ccccc21)Nc1cc(Cl)ccc1-n1cncn1. The fourth-order valence-electron chi connectivity index (χ4n) is 3.71. The molecule has 0 atom stereocenters. The van der Waals surface area contributed by atoms with Gasteiger partial charge in [0.25, 0.3) is 5.91 Å². The van der Waals surface area contributed by atoms with Gasteiger partial charge < -0.3 is 14.8 Å². The van der Waals surface area contributed by atoms with Crippen molar-refractivity contribution >= 4 is 29.2 Å². The number of carbonyl (C=O) groups excluding carboxylic acids is 2. The molecule has 0 fully saturated rings. The molecule has 164 valence electrons. The predicted octanol–water partition coefficient (Wildman–Crippen LogP) is 4.34. The lowest BCUT2D eigenvalue weighted by molar-refractivity contribution is -0.148. The van der Waals surface area contributed by atoms with Crippen LogP contribution < -0.4 is 10.1 Å². The molecule has 0 spiro atoms. The van der Waals surface area contributed by atoms with Crippen molar-refractivity contribution in [3.63, 3.8) is 0 Å². The molecule has 1 aliphatic heterocycles. The van der Waals surface area contributed by atoms with Crippen LogP contribution in [0.4, 0.5) is 5.69 Å². The summed E-state index contributed by atoms with van der Waals surface area (Å²) in [6, 6.07) is 19.5. The Hall–Kier alpha value is -4.17. The van der Waals surface area contributed by atoms with Crippen molar-refractivity contribution in [2.24, 2.45) is 0 Å². The number of esters is 1. The Labute approximate surface area is 193 Å². The van der Waals surface area contributed by atoms with Gasteiger partial charge in [0.15, 0.2) is 6.61 Å². The number of anilines is 1. The van der Waals surface area contributed by atoms with E-state index in [1.54, 1.807) is 30.3 Å². The molecule has 4 aromatic rings. The lowest BCUT2D eigenvalue weighted by Crippen LogP contribution is -2.26. The molecule has 1 amide bonds. The molecule has 0 aliphatic carbocycles. The van der Waals surface area contributed by atoms with Crippen molar-refractivity contribution in [3.05, 3.63) is 95.5 Å². The van der Waals surface area contributed by atoms with E-state index in [1.165, 1.54) is 17.3 Å². The number of halogens is 1. The molecule has 0 saturated carbocycles. The molecular formula is C24H17ClN4O4. The average Bonchev–Trinajstić information content (AvgIpc) is 3.36. The van der Waals surface area contributed by atoms with Crippen molar-refractivity contribution in [2.75, 3.05) is 11.9 Å². The number of hydrogen-bond donors (Lipinski definition) is 1. The molecular weight excluding hydrogens is 444 g/mol. The van der Waals surface area contributed by atoms with Crippen LogP contribution in [0.1, 0.15) is 17.0 Å². The van der Waals surface area contributed by atoms with Gasteiger partial charge in [-0.3, -0.25) is 9.59 Å². The zero-order valence-electron chi connectivity index (χ0n) is 17.1. The van der Waals surface area contributed by atoms with E-state index in [1.807, 2.05) is 36.4 Å². The number of ether oxygens (including phenoxy) is 2. The summed E-state index contributed by atoms with van der Waals surface area (Å²) in [5.74, 6) is -0.592. The van der Waals surface area contributed by atoms with Crippen LogP contribution in [0.5, 0.6) is 11.5 Å². The predicted molar refractivity (Wildman–Crippen MR) is 121 cm³/mol. The molecule has 0 radical (unpaired) electrons. The second-order valence-corrected chi connectivity index (χ2v) is 7.70. The lowest BCUT2D eigenvalue weighted by atomic mass is 9.88. The summed E-state index contributed by atoms with van der Waals surface area (Å²) in [7, 11) is 0. The minimum Gasteiger partial charge on any atom is -0.457 e. The van der Waals surface area contributed by atoms with Crippen molar-refractivity contribution in [2.45, 2.75) is 5.92 Å². The summed E-state index contributed by atoms with van der Waals surface area (Å²) in [6.07, 6.45) is 2.88. The molecule has 1 N–H and O–H groups in total. The molecule has 8 nitrogen and oxygen atoms in total. The number of amides is 1. The van der Waals surface area contributed by atoms with Crippen LogP contribution in [-0.2, 0) is 14.3 Å². The van der Waals surface area contributed by atoms with Gasteiger partial charge >= 0.3 is 5.97 Å². The summed E-state index contributed by atoms with van der Waals surface area (Å²) >= 11 is 6.09. The Morgan fingerprint density at radius 3 is 2.39 bits per heavy atom. The third-order valence-electron chi connectivity index (χ3n) is 5.16. The first kappa shape index (κ1) is 20.7. The molecule has 1 aliphatic rings. The molecule has 0 unspecified atom stereocenters. The number of fused-ring (bicyclic) bond motifs is 2. The zero-order valence-corrected chi connectivity index (χ0v) is 17.9. The molecule has 1 aromatic heterocycles. The van der Waals surface area contributed by atoms with Gasteiger partial charge in [0.1, 0.15) is 30.1 Å². The summed E-state index contributed by atoms with van der Waals surface area (Å²) < 4.78 is 12.8. The number of benzene rings is 3. The number of carbonyl (C=O) groups is 2. The van der Waals surface area contributed by atoms with E-state index in [4.69, 9.17) is 21.1 Å². The van der Waals surface area contributed by atoms with Gasteiger partial charge in [0.2, 0.25) is 0 Å². The first-order valence-electron chi connectivity index (χ1n) is 10.1. The lowest BCUT2D eigenvalue weighted by Gasteiger charge is -2.26. The highest BCUT2D eigenvalue weighted by atomic mass is 35.5. The number of nitrogens with one attached hydrogen (secondary N) is 1. The fraction of sp³-hybridized carbons (Fsp3) is 0.0833. The Balaban J connectivity index is 1.33. The van der Waals surface area contributed by atoms with Crippen LogP contribution in [0.15, 0.2) is 79.4 Å². The molecule has 33 heavy (non-hydrogen) atoms. The fourth-order valence-corrected chi connectivity index (χ4v) is 3.88. The first-order valence-corrected chi connectivity index (χ1v) is 10.4. The molecule has 3 aromatic carbocycles. The zero-order chi connectivity index (χ0) is 22.8. The van der Waals surface area contributed by atoms with E-state index in [0.29, 0.717) is 39.0 Å². The van der Waals surface area contributed by atoms with Crippen molar-refractivity contribution in [1.82, 2.24) is 14.8 Å². The number of para-hydroxylation sites is 2. The van der Waals surface area contributed by atoms with Crippen molar-refractivity contribution in [1.29, 1.82) is 0 Å². The number of rotatable bonds is 5. The standard InChI is InChI=1S/C24H17ClN4O4/c25-15-9-10-19(29-14-26-13-27-29)18(11-15)28-22(30)12-32-24(31)23-16-5-1-3-7-20(16)33-21-8-4-2-6-17(21)23/h1-11,13-14,23H,12H2,(H,28,30). The topological polar surface area (TPSA) is 95.3 Å². The second-order valence-electron chi connectivity index (χ2n) is 7.27. The van der Waals surface area contributed by atoms with Crippen molar-refractivity contribution in [3.8, 4) is 17.2 Å². The quantitative estimate of drug-likeness (QED) is 0.445. The van der Waals surface area contributed by atoms with Crippen LogP contribution in [0.25, 0.3) is 5.69 Å². The van der Waals surface area contributed by atoms with Crippen LogP contribution in [0, 0.1) is 0 Å². The Bertz CT molecular complexity index is 1290. The summed E-state index contributed by atoms with van der Waals surface area (Å²) in [4.78, 5) is 29.6. The number of nitrogens with zero attached hydrogens (tertiary/aromatic N) is 3. The largest absolute Gasteiger partial charge is 0.457 e. The van der Waals surface area contributed by atoms with Gasteiger partial charge in [0, 0.05) is 16.1 Å². The van der Waals surface area contributed by atoms with Gasteiger partial charge in [0.05, 0.1) is 11.4 Å². The molecule has 0 saturated heterocycles. The first-order chi connectivity index (χ1) is 16.1. The maximum atomic E-state index is 13.1. The molecule has 0 bridgehead atoms. The highest BCUT2D eigenvalue weighted by Gasteiger charge is 2.33. The highest BCUT2D eigenvalue weighted by molar-refractivity contribution is 6.31. The minimum absolute atomic E-state index is 0.413. The third-order valence-corrected chi connectivity index (χ3v) is 5.39. The maximum absolute atomic E-state index is 13.1.